The average molecular weight is 564 g/mol. The normalized spacial score (nSPS) is 11.1. The van der Waals surface area contributed by atoms with Crippen molar-refractivity contribution in [3.63, 3.8) is 0 Å². The van der Waals surface area contributed by atoms with Gasteiger partial charge in [0.05, 0.1) is 12.1 Å². The Morgan fingerprint density at radius 1 is 0.805 bits per heavy atom. The number of benzene rings is 3. The fraction of sp³-hybridized carbons (Fsp3) is 0.267. The first-order valence-corrected chi connectivity index (χ1v) is 13.1. The Labute approximate surface area is 237 Å². The van der Waals surface area contributed by atoms with Gasteiger partial charge < -0.3 is 14.9 Å². The van der Waals surface area contributed by atoms with Crippen LogP contribution in [-0.2, 0) is 32.3 Å². The molecule has 3 rings (SSSR count). The highest BCUT2D eigenvalue weighted by Gasteiger charge is 2.12. The summed E-state index contributed by atoms with van der Waals surface area (Å²) in [6, 6.07) is 20.8. The molecular weight excluding hydrogens is 530 g/mol. The predicted molar refractivity (Wildman–Crippen MR) is 151 cm³/mol. The summed E-state index contributed by atoms with van der Waals surface area (Å²) in [4.78, 5) is 47.6. The molecule has 0 radical (unpaired) electrons. The first-order valence-electron chi connectivity index (χ1n) is 13.1. The number of aliphatic carboxylic acids is 2. The molecule has 3 aromatic carbocycles. The van der Waals surface area contributed by atoms with Gasteiger partial charge in [-0.25, -0.2) is 14.7 Å². The van der Waals surface area contributed by atoms with Gasteiger partial charge in [0.25, 0.3) is 5.91 Å². The van der Waals surface area contributed by atoms with Gasteiger partial charge >= 0.3 is 18.0 Å². The highest BCUT2D eigenvalue weighted by atomic mass is 16.5. The monoisotopic (exact) mass is 563 g/mol. The molecule has 0 aliphatic rings. The number of carbonyl (C=O) groups excluding carboxylic acids is 2. The fourth-order valence-corrected chi connectivity index (χ4v) is 4.09. The number of fused-ring (bicyclic) bond motifs is 1. The second kappa shape index (κ2) is 15.8. The molecule has 11 nitrogen and oxygen atoms in total. The zero-order valence-electron chi connectivity index (χ0n) is 22.4. The number of nitrogens with zero attached hydrogens (tertiary/aromatic N) is 2. The Kier molecular flexibility index (Phi) is 11.8. The molecule has 0 aromatic heterocycles. The van der Waals surface area contributed by atoms with E-state index in [1.807, 2.05) is 71.6 Å². The van der Waals surface area contributed by atoms with Crippen molar-refractivity contribution in [2.45, 2.75) is 32.4 Å². The third-order valence-corrected chi connectivity index (χ3v) is 6.18. The molecule has 0 aliphatic carbocycles. The molecule has 0 saturated carbocycles. The summed E-state index contributed by atoms with van der Waals surface area (Å²) < 4.78 is 5.39. The van der Waals surface area contributed by atoms with Gasteiger partial charge in [0, 0.05) is 37.2 Å². The van der Waals surface area contributed by atoms with Crippen LogP contribution in [0.15, 0.2) is 78.9 Å². The van der Waals surface area contributed by atoms with Gasteiger partial charge in [-0.2, -0.15) is 0 Å². The molecular formula is C30H33N3O8. The fourth-order valence-electron chi connectivity index (χ4n) is 4.09. The molecule has 0 spiro atoms. The van der Waals surface area contributed by atoms with Crippen molar-refractivity contribution in [2.24, 2.45) is 0 Å². The van der Waals surface area contributed by atoms with Gasteiger partial charge in [-0.3, -0.25) is 25.0 Å². The number of amides is 2. The summed E-state index contributed by atoms with van der Waals surface area (Å²) in [6.07, 6.45) is 1.83. The van der Waals surface area contributed by atoms with E-state index in [-0.39, 0.29) is 19.6 Å². The number of ether oxygens (including phenoxy) is 1. The highest BCUT2D eigenvalue weighted by molar-refractivity contribution is 6.00. The maximum Gasteiger partial charge on any atom is 0.411 e. The van der Waals surface area contributed by atoms with E-state index in [2.05, 4.69) is 5.32 Å². The Morgan fingerprint density at radius 3 is 2.22 bits per heavy atom. The molecule has 0 bridgehead atoms. The molecule has 11 heteroatoms. The topological polar surface area (TPSA) is 157 Å². The number of anilines is 1. The van der Waals surface area contributed by atoms with E-state index < -0.39 is 23.9 Å². The van der Waals surface area contributed by atoms with Crippen LogP contribution in [0.4, 0.5) is 10.5 Å². The molecule has 0 unspecified atom stereocenters. The van der Waals surface area contributed by atoms with E-state index in [9.17, 15) is 24.4 Å². The molecule has 0 saturated heterocycles. The van der Waals surface area contributed by atoms with Crippen molar-refractivity contribution >= 4 is 40.4 Å². The van der Waals surface area contributed by atoms with Crippen LogP contribution in [-0.4, -0.2) is 69.0 Å². The molecule has 0 heterocycles. The lowest BCUT2D eigenvalue weighted by Gasteiger charge is -2.22. The summed E-state index contributed by atoms with van der Waals surface area (Å²) in [6.45, 7) is 1.42. The molecule has 0 atom stereocenters. The Hall–Kier alpha value is -4.74. The van der Waals surface area contributed by atoms with Crippen molar-refractivity contribution in [2.75, 3.05) is 25.0 Å². The van der Waals surface area contributed by atoms with E-state index in [0.717, 1.165) is 28.0 Å². The summed E-state index contributed by atoms with van der Waals surface area (Å²) in [5.41, 5.74) is 2.40. The van der Waals surface area contributed by atoms with Crippen molar-refractivity contribution in [3.8, 4) is 0 Å². The number of hydrogen-bond donors (Lipinski definition) is 4. The van der Waals surface area contributed by atoms with Crippen molar-refractivity contribution in [1.29, 1.82) is 0 Å². The quantitative estimate of drug-likeness (QED) is 0.0904. The highest BCUT2D eigenvalue weighted by Crippen LogP contribution is 2.23. The van der Waals surface area contributed by atoms with Gasteiger partial charge in [-0.15, -0.1) is 0 Å². The number of rotatable bonds is 15. The van der Waals surface area contributed by atoms with E-state index in [1.54, 1.807) is 0 Å². The van der Waals surface area contributed by atoms with Crippen molar-refractivity contribution in [3.05, 3.63) is 90.0 Å². The number of carbonyl (C=O) groups is 4. The molecule has 4 N–H and O–H groups in total. The lowest BCUT2D eigenvalue weighted by atomic mass is 10.1. The van der Waals surface area contributed by atoms with Crippen LogP contribution in [0.1, 0.15) is 30.4 Å². The molecule has 41 heavy (non-hydrogen) atoms. The summed E-state index contributed by atoms with van der Waals surface area (Å²) >= 11 is 0. The zero-order valence-corrected chi connectivity index (χ0v) is 22.4. The van der Waals surface area contributed by atoms with Crippen LogP contribution in [0.25, 0.3) is 10.8 Å². The first kappa shape index (κ1) is 30.8. The van der Waals surface area contributed by atoms with Crippen LogP contribution < -0.4 is 5.32 Å². The standard InChI is InChI=1S/C30H33N3O8/c34-27(14-15-28(35)36)33(40)18-4-3-17-32(19-16-29(37)38)20-22-10-12-23(13-11-22)21-41-30(39)31-26-9-5-7-24-6-1-2-8-25(24)26/h1-2,5-15,40H,3-4,16-21H2,(H,31,39)(H,35,36)(H,37,38). The van der Waals surface area contributed by atoms with Crippen LogP contribution in [0.2, 0.25) is 0 Å². The molecule has 0 aliphatic heterocycles. The smallest absolute Gasteiger partial charge is 0.411 e. The third kappa shape index (κ3) is 10.7. The molecule has 216 valence electrons. The maximum absolute atomic E-state index is 12.4. The largest absolute Gasteiger partial charge is 0.481 e. The molecule has 3 aromatic rings. The van der Waals surface area contributed by atoms with Crippen molar-refractivity contribution < 1.29 is 39.3 Å². The maximum atomic E-state index is 12.4. The lowest BCUT2D eigenvalue weighted by molar-refractivity contribution is -0.159. The second-order valence-electron chi connectivity index (χ2n) is 9.30. The van der Waals surface area contributed by atoms with Gasteiger partial charge in [-0.1, -0.05) is 60.7 Å². The minimum absolute atomic E-state index is 0.0122. The van der Waals surface area contributed by atoms with Gasteiger partial charge in [0.15, 0.2) is 0 Å². The third-order valence-electron chi connectivity index (χ3n) is 6.18. The second-order valence-corrected chi connectivity index (χ2v) is 9.30. The minimum Gasteiger partial charge on any atom is -0.481 e. The van der Waals surface area contributed by atoms with E-state index in [0.29, 0.717) is 49.3 Å². The number of carboxylic acids is 2. The SMILES string of the molecule is O=C(O)C=CC(=O)N(O)CCCCN(CCC(=O)O)Cc1ccc(COC(=O)Nc2cccc3ccccc23)cc1. The number of carboxylic acid groups (broad SMARTS) is 2. The lowest BCUT2D eigenvalue weighted by Crippen LogP contribution is -2.29. The summed E-state index contributed by atoms with van der Waals surface area (Å²) in [5, 5.41) is 32.6. The first-order chi connectivity index (χ1) is 19.7. The van der Waals surface area contributed by atoms with Crippen LogP contribution in [0.5, 0.6) is 0 Å². The van der Waals surface area contributed by atoms with E-state index in [1.165, 1.54) is 0 Å². The van der Waals surface area contributed by atoms with Gasteiger partial charge in [-0.05, 0) is 42.0 Å². The van der Waals surface area contributed by atoms with Crippen molar-refractivity contribution in [1.82, 2.24) is 9.96 Å². The zero-order chi connectivity index (χ0) is 29.6. The molecule has 2 amide bonds. The summed E-state index contributed by atoms with van der Waals surface area (Å²) in [5.74, 6) is -3.03. The Morgan fingerprint density at radius 2 is 1.49 bits per heavy atom. The number of hydrogen-bond acceptors (Lipinski definition) is 7. The van der Waals surface area contributed by atoms with Crippen LogP contribution in [0, 0.1) is 0 Å². The molecule has 0 fully saturated rings. The minimum atomic E-state index is -1.29. The Balaban J connectivity index is 1.47. The van der Waals surface area contributed by atoms with E-state index >= 15 is 0 Å². The van der Waals surface area contributed by atoms with Gasteiger partial charge in [0.1, 0.15) is 6.61 Å². The Bertz CT molecular complexity index is 1370. The average Bonchev–Trinajstić information content (AvgIpc) is 2.96. The summed E-state index contributed by atoms with van der Waals surface area (Å²) in [7, 11) is 0. The number of unbranched alkanes of at least 4 members (excludes halogenated alkanes) is 1. The predicted octanol–water partition coefficient (Wildman–Crippen LogP) is 4.50. The van der Waals surface area contributed by atoms with E-state index in [4.69, 9.17) is 14.9 Å². The van der Waals surface area contributed by atoms with Gasteiger partial charge in [0.2, 0.25) is 0 Å². The number of hydroxylamine groups is 2. The van der Waals surface area contributed by atoms with Crippen LogP contribution >= 0.6 is 0 Å². The van der Waals surface area contributed by atoms with Crippen LogP contribution in [0.3, 0.4) is 0 Å². The number of nitrogens with one attached hydrogen (secondary N) is 1.